The van der Waals surface area contributed by atoms with Crippen molar-refractivity contribution in [2.75, 3.05) is 26.4 Å². The van der Waals surface area contributed by atoms with Crippen LogP contribution in [0.2, 0.25) is 0 Å². The van der Waals surface area contributed by atoms with E-state index in [2.05, 4.69) is 33.0 Å². The van der Waals surface area contributed by atoms with Crippen molar-refractivity contribution >= 4 is 0 Å². The second-order valence-electron chi connectivity index (χ2n) is 5.87. The molecule has 0 bridgehead atoms. The Balaban J connectivity index is 2.19. The summed E-state index contributed by atoms with van der Waals surface area (Å²) in [7, 11) is 0. The van der Waals surface area contributed by atoms with E-state index in [1.165, 1.54) is 0 Å². The Morgan fingerprint density at radius 2 is 2.00 bits per heavy atom. The van der Waals surface area contributed by atoms with Gasteiger partial charge in [-0.1, -0.05) is 0 Å². The van der Waals surface area contributed by atoms with Crippen molar-refractivity contribution in [3.63, 3.8) is 0 Å². The summed E-state index contributed by atoms with van der Waals surface area (Å²) in [5, 5.41) is 12.1. The Labute approximate surface area is 105 Å². The van der Waals surface area contributed by atoms with Crippen LogP contribution in [0.1, 0.15) is 40.5 Å². The summed E-state index contributed by atoms with van der Waals surface area (Å²) in [5.41, 5.74) is -0.135. The zero-order valence-corrected chi connectivity index (χ0v) is 11.6. The number of nitrogens with one attached hydrogen (secondary N) is 1. The number of rotatable bonds is 7. The predicted molar refractivity (Wildman–Crippen MR) is 68.2 cm³/mol. The van der Waals surface area contributed by atoms with Crippen molar-refractivity contribution in [2.45, 2.75) is 57.8 Å². The molecule has 0 spiro atoms. The van der Waals surface area contributed by atoms with Crippen LogP contribution in [0, 0.1) is 0 Å². The molecule has 4 heteroatoms. The van der Waals surface area contributed by atoms with Gasteiger partial charge in [0.15, 0.2) is 0 Å². The third-order valence-electron chi connectivity index (χ3n) is 3.17. The molecule has 0 aromatic carbocycles. The fourth-order valence-corrected chi connectivity index (χ4v) is 2.50. The van der Waals surface area contributed by atoms with Gasteiger partial charge in [-0.25, -0.2) is 0 Å². The monoisotopic (exact) mass is 245 g/mol. The highest BCUT2D eigenvalue weighted by Crippen LogP contribution is 2.37. The molecular formula is C13H27NO3. The summed E-state index contributed by atoms with van der Waals surface area (Å²) in [5.74, 6) is 0. The van der Waals surface area contributed by atoms with Gasteiger partial charge in [0.05, 0.1) is 24.4 Å². The smallest absolute Gasteiger partial charge is 0.0787 e. The maximum Gasteiger partial charge on any atom is 0.0787 e. The van der Waals surface area contributed by atoms with Crippen LogP contribution in [-0.4, -0.2) is 48.7 Å². The number of hydrogen-bond donors (Lipinski definition) is 2. The van der Waals surface area contributed by atoms with E-state index in [0.29, 0.717) is 19.3 Å². The van der Waals surface area contributed by atoms with Crippen molar-refractivity contribution in [3.05, 3.63) is 0 Å². The van der Waals surface area contributed by atoms with E-state index >= 15 is 0 Å². The first kappa shape index (κ1) is 14.9. The van der Waals surface area contributed by atoms with Crippen molar-refractivity contribution in [2.24, 2.45) is 0 Å². The predicted octanol–water partition coefficient (Wildman–Crippen LogP) is 1.32. The molecule has 1 atom stereocenters. The quantitative estimate of drug-likeness (QED) is 0.664. The molecule has 1 aliphatic rings. The topological polar surface area (TPSA) is 50.7 Å². The number of ether oxygens (including phenoxy) is 2. The Bertz CT molecular complexity index is 229. The third kappa shape index (κ3) is 4.92. The highest BCUT2D eigenvalue weighted by atomic mass is 16.5. The molecule has 0 saturated carbocycles. The van der Waals surface area contributed by atoms with Crippen LogP contribution in [0.25, 0.3) is 0 Å². The van der Waals surface area contributed by atoms with Crippen LogP contribution in [0.5, 0.6) is 0 Å². The highest BCUT2D eigenvalue weighted by molar-refractivity contribution is 4.98. The fourth-order valence-electron chi connectivity index (χ4n) is 2.50. The minimum atomic E-state index is -0.102. The lowest BCUT2D eigenvalue weighted by atomic mass is 9.94. The van der Waals surface area contributed by atoms with E-state index < -0.39 is 0 Å². The molecule has 17 heavy (non-hydrogen) atoms. The van der Waals surface area contributed by atoms with Gasteiger partial charge in [0.2, 0.25) is 0 Å². The Morgan fingerprint density at radius 1 is 1.29 bits per heavy atom. The van der Waals surface area contributed by atoms with E-state index in [-0.39, 0.29) is 17.8 Å². The molecule has 1 rings (SSSR count). The van der Waals surface area contributed by atoms with Gasteiger partial charge in [0, 0.05) is 12.6 Å². The summed E-state index contributed by atoms with van der Waals surface area (Å²) in [4.78, 5) is 0. The van der Waals surface area contributed by atoms with Gasteiger partial charge < -0.3 is 19.9 Å². The first-order chi connectivity index (χ1) is 7.87. The van der Waals surface area contributed by atoms with Crippen molar-refractivity contribution in [1.29, 1.82) is 0 Å². The summed E-state index contributed by atoms with van der Waals surface area (Å²) >= 11 is 0. The van der Waals surface area contributed by atoms with Gasteiger partial charge in [-0.2, -0.15) is 0 Å². The van der Waals surface area contributed by atoms with Crippen molar-refractivity contribution < 1.29 is 14.6 Å². The van der Waals surface area contributed by atoms with Crippen LogP contribution >= 0.6 is 0 Å². The van der Waals surface area contributed by atoms with E-state index in [0.717, 1.165) is 19.4 Å². The first-order valence-electron chi connectivity index (χ1n) is 6.49. The molecule has 0 aromatic rings. The highest BCUT2D eigenvalue weighted by Gasteiger charge is 2.45. The molecule has 0 amide bonds. The molecule has 1 saturated heterocycles. The van der Waals surface area contributed by atoms with Crippen LogP contribution in [0.4, 0.5) is 0 Å². The van der Waals surface area contributed by atoms with Crippen molar-refractivity contribution in [1.82, 2.24) is 5.32 Å². The molecule has 102 valence electrons. The maximum absolute atomic E-state index is 8.56. The second-order valence-corrected chi connectivity index (χ2v) is 5.87. The van der Waals surface area contributed by atoms with Crippen LogP contribution in [0.15, 0.2) is 0 Å². The van der Waals surface area contributed by atoms with Gasteiger partial charge in [-0.3, -0.25) is 0 Å². The largest absolute Gasteiger partial charge is 0.394 e. The average Bonchev–Trinajstić information content (AvgIpc) is 2.40. The van der Waals surface area contributed by atoms with E-state index in [1.807, 2.05) is 0 Å². The molecule has 0 aromatic heterocycles. The van der Waals surface area contributed by atoms with Crippen LogP contribution < -0.4 is 5.32 Å². The number of hydrogen-bond acceptors (Lipinski definition) is 4. The van der Waals surface area contributed by atoms with Crippen LogP contribution in [-0.2, 0) is 9.47 Å². The van der Waals surface area contributed by atoms with Gasteiger partial charge in [-0.15, -0.1) is 0 Å². The molecule has 1 fully saturated rings. The van der Waals surface area contributed by atoms with Gasteiger partial charge >= 0.3 is 0 Å². The molecule has 0 radical (unpaired) electrons. The molecule has 1 aliphatic heterocycles. The van der Waals surface area contributed by atoms with Crippen molar-refractivity contribution in [3.8, 4) is 0 Å². The standard InChI is InChI=1S/C13H27NO3/c1-12(2)10-11(13(3,4)17-12)14-6-5-8-16-9-7-15/h11,14-15H,5-10H2,1-4H3. The van der Waals surface area contributed by atoms with Gasteiger partial charge in [-0.05, 0) is 47.1 Å². The average molecular weight is 245 g/mol. The summed E-state index contributed by atoms with van der Waals surface area (Å²) < 4.78 is 11.2. The molecule has 2 N–H and O–H groups in total. The van der Waals surface area contributed by atoms with Gasteiger partial charge in [0.25, 0.3) is 0 Å². The SMILES string of the molecule is CC1(C)CC(NCCCOCCO)C(C)(C)O1. The van der Waals surface area contributed by atoms with Gasteiger partial charge in [0.1, 0.15) is 0 Å². The summed E-state index contributed by atoms with van der Waals surface area (Å²) in [6.45, 7) is 10.7. The lowest BCUT2D eigenvalue weighted by Gasteiger charge is -2.27. The number of aliphatic hydroxyl groups is 1. The molecule has 0 aliphatic carbocycles. The lowest BCUT2D eigenvalue weighted by Crippen LogP contribution is -2.43. The summed E-state index contributed by atoms with van der Waals surface area (Å²) in [6.07, 6.45) is 2.00. The minimum absolute atomic E-state index is 0.0332. The molecular weight excluding hydrogens is 218 g/mol. The number of aliphatic hydroxyl groups excluding tert-OH is 1. The summed E-state index contributed by atoms with van der Waals surface area (Å²) in [6, 6.07) is 0.398. The van der Waals surface area contributed by atoms with E-state index in [1.54, 1.807) is 0 Å². The molecule has 1 unspecified atom stereocenters. The van der Waals surface area contributed by atoms with Crippen LogP contribution in [0.3, 0.4) is 0 Å². The maximum atomic E-state index is 8.56. The Kier molecular flexibility index (Phi) is 5.38. The molecule has 4 nitrogen and oxygen atoms in total. The zero-order valence-electron chi connectivity index (χ0n) is 11.6. The zero-order chi connectivity index (χ0) is 12.9. The fraction of sp³-hybridized carbons (Fsp3) is 1.00. The Morgan fingerprint density at radius 3 is 2.53 bits per heavy atom. The molecule has 1 heterocycles. The normalized spacial score (nSPS) is 26.3. The van der Waals surface area contributed by atoms with E-state index in [9.17, 15) is 0 Å². The second kappa shape index (κ2) is 6.14. The third-order valence-corrected chi connectivity index (χ3v) is 3.17. The lowest BCUT2D eigenvalue weighted by molar-refractivity contribution is -0.0698. The van der Waals surface area contributed by atoms with E-state index in [4.69, 9.17) is 14.6 Å². The Hall–Kier alpha value is -0.160. The first-order valence-corrected chi connectivity index (χ1v) is 6.49. The minimum Gasteiger partial charge on any atom is -0.394 e.